The van der Waals surface area contributed by atoms with Crippen molar-refractivity contribution in [3.8, 4) is 6.07 Å². The Hall–Kier alpha value is -2.69. The highest BCUT2D eigenvalue weighted by Gasteiger charge is 2.11. The molecule has 0 unspecified atom stereocenters. The zero-order valence-corrected chi connectivity index (χ0v) is 15.9. The predicted molar refractivity (Wildman–Crippen MR) is 104 cm³/mol. The SMILES string of the molecule is Cc1ccc(C(=O)Nc2nnc(SCc3ccc(C#N)cc3)s2)cc1C. The smallest absolute Gasteiger partial charge is 0.257 e. The number of aromatic nitrogens is 2. The minimum atomic E-state index is -0.187. The van der Waals surface area contributed by atoms with Crippen molar-refractivity contribution in [3.05, 3.63) is 70.3 Å². The quantitative estimate of drug-likeness (QED) is 0.518. The van der Waals surface area contributed by atoms with Crippen molar-refractivity contribution in [2.24, 2.45) is 0 Å². The van der Waals surface area contributed by atoms with E-state index in [0.29, 0.717) is 16.3 Å². The van der Waals surface area contributed by atoms with Crippen LogP contribution in [-0.2, 0) is 5.75 Å². The van der Waals surface area contributed by atoms with Crippen LogP contribution in [0.15, 0.2) is 46.8 Å². The Balaban J connectivity index is 1.59. The minimum Gasteiger partial charge on any atom is -0.296 e. The van der Waals surface area contributed by atoms with E-state index in [-0.39, 0.29) is 5.91 Å². The van der Waals surface area contributed by atoms with Gasteiger partial charge in [0.2, 0.25) is 5.13 Å². The fourth-order valence-electron chi connectivity index (χ4n) is 2.19. The second kappa shape index (κ2) is 8.13. The van der Waals surface area contributed by atoms with E-state index in [9.17, 15) is 4.79 Å². The van der Waals surface area contributed by atoms with Crippen molar-refractivity contribution in [1.29, 1.82) is 5.26 Å². The highest BCUT2D eigenvalue weighted by atomic mass is 32.2. The van der Waals surface area contributed by atoms with E-state index < -0.39 is 0 Å². The third-order valence-corrected chi connectivity index (χ3v) is 5.88. The van der Waals surface area contributed by atoms with Crippen LogP contribution in [0.1, 0.15) is 32.6 Å². The molecular formula is C19H16N4OS2. The maximum atomic E-state index is 12.3. The average molecular weight is 380 g/mol. The Kier molecular flexibility index (Phi) is 5.66. The lowest BCUT2D eigenvalue weighted by molar-refractivity contribution is 0.102. The Morgan fingerprint density at radius 3 is 2.62 bits per heavy atom. The van der Waals surface area contributed by atoms with Crippen molar-refractivity contribution in [2.45, 2.75) is 23.9 Å². The van der Waals surface area contributed by atoms with Crippen molar-refractivity contribution < 1.29 is 4.79 Å². The Bertz CT molecular complexity index is 974. The van der Waals surface area contributed by atoms with Crippen LogP contribution in [0.2, 0.25) is 0 Å². The van der Waals surface area contributed by atoms with Crippen LogP contribution >= 0.6 is 23.1 Å². The molecule has 0 aliphatic heterocycles. The molecule has 0 saturated carbocycles. The largest absolute Gasteiger partial charge is 0.296 e. The number of hydrogen-bond donors (Lipinski definition) is 1. The maximum absolute atomic E-state index is 12.3. The highest BCUT2D eigenvalue weighted by molar-refractivity contribution is 8.00. The molecule has 5 nitrogen and oxygen atoms in total. The predicted octanol–water partition coefficient (Wildman–Crippen LogP) is 4.57. The van der Waals surface area contributed by atoms with Crippen LogP contribution in [-0.4, -0.2) is 16.1 Å². The van der Waals surface area contributed by atoms with Crippen molar-refractivity contribution in [2.75, 3.05) is 5.32 Å². The molecule has 0 spiro atoms. The van der Waals surface area contributed by atoms with Crippen molar-refractivity contribution in [3.63, 3.8) is 0 Å². The summed E-state index contributed by atoms with van der Waals surface area (Å²) >= 11 is 2.89. The molecule has 2 aromatic carbocycles. The molecule has 3 aromatic rings. The number of nitrogens with zero attached hydrogens (tertiary/aromatic N) is 3. The Labute approximate surface area is 160 Å². The number of anilines is 1. The molecule has 26 heavy (non-hydrogen) atoms. The minimum absolute atomic E-state index is 0.187. The number of nitrogens with one attached hydrogen (secondary N) is 1. The number of rotatable bonds is 5. The van der Waals surface area contributed by atoms with Crippen molar-refractivity contribution in [1.82, 2.24) is 10.2 Å². The monoisotopic (exact) mass is 380 g/mol. The standard InChI is InChI=1S/C19H16N4OS2/c1-12-3-8-16(9-13(12)2)17(24)21-18-22-23-19(26-18)25-11-15-6-4-14(10-20)5-7-15/h3-9H,11H2,1-2H3,(H,21,22,24). The van der Waals surface area contributed by atoms with Crippen LogP contribution in [0, 0.1) is 25.2 Å². The topological polar surface area (TPSA) is 78.7 Å². The lowest BCUT2D eigenvalue weighted by atomic mass is 10.1. The molecule has 0 fully saturated rings. The van der Waals surface area contributed by atoms with E-state index in [0.717, 1.165) is 26.8 Å². The molecule has 1 heterocycles. The summed E-state index contributed by atoms with van der Waals surface area (Å²) in [6, 6.07) is 15.2. The van der Waals surface area contributed by atoms with E-state index in [1.54, 1.807) is 30.0 Å². The Morgan fingerprint density at radius 1 is 1.15 bits per heavy atom. The van der Waals surface area contributed by atoms with Gasteiger partial charge in [-0.3, -0.25) is 10.1 Å². The van der Waals surface area contributed by atoms with Gasteiger partial charge in [-0.15, -0.1) is 10.2 Å². The van der Waals surface area contributed by atoms with Gasteiger partial charge in [0, 0.05) is 11.3 Å². The fourth-order valence-corrected chi connectivity index (χ4v) is 3.89. The summed E-state index contributed by atoms with van der Waals surface area (Å²) in [5, 5.41) is 20.2. The lowest BCUT2D eigenvalue weighted by Crippen LogP contribution is -2.12. The van der Waals surface area contributed by atoms with Crippen LogP contribution in [0.3, 0.4) is 0 Å². The van der Waals surface area contributed by atoms with E-state index in [4.69, 9.17) is 5.26 Å². The van der Waals surface area contributed by atoms with Gasteiger partial charge >= 0.3 is 0 Å². The maximum Gasteiger partial charge on any atom is 0.257 e. The normalized spacial score (nSPS) is 10.3. The van der Waals surface area contributed by atoms with Gasteiger partial charge in [0.15, 0.2) is 4.34 Å². The molecule has 0 aliphatic carbocycles. The van der Waals surface area contributed by atoms with Crippen LogP contribution in [0.25, 0.3) is 0 Å². The summed E-state index contributed by atoms with van der Waals surface area (Å²) in [6.07, 6.45) is 0. The molecular weight excluding hydrogens is 364 g/mol. The lowest BCUT2D eigenvalue weighted by Gasteiger charge is -2.04. The molecule has 0 saturated heterocycles. The van der Waals surface area contributed by atoms with Gasteiger partial charge in [0.25, 0.3) is 5.91 Å². The number of nitriles is 1. The first kappa shape index (κ1) is 18.1. The third-order valence-electron chi connectivity index (χ3n) is 3.84. The summed E-state index contributed by atoms with van der Waals surface area (Å²) in [4.78, 5) is 12.3. The molecule has 0 radical (unpaired) electrons. The number of carbonyl (C=O) groups excluding carboxylic acids is 1. The second-order valence-electron chi connectivity index (χ2n) is 5.72. The summed E-state index contributed by atoms with van der Waals surface area (Å²) < 4.78 is 0.782. The van der Waals surface area contributed by atoms with Gasteiger partial charge in [-0.1, -0.05) is 41.3 Å². The van der Waals surface area contributed by atoms with Crippen LogP contribution < -0.4 is 5.32 Å². The molecule has 0 atom stereocenters. The number of amides is 1. The number of carbonyl (C=O) groups is 1. The second-order valence-corrected chi connectivity index (χ2v) is 7.92. The molecule has 0 aliphatic rings. The molecule has 130 valence electrons. The molecule has 7 heteroatoms. The zero-order valence-electron chi connectivity index (χ0n) is 14.3. The molecule has 1 N–H and O–H groups in total. The van der Waals surface area contributed by atoms with Gasteiger partial charge in [-0.2, -0.15) is 5.26 Å². The summed E-state index contributed by atoms with van der Waals surface area (Å²) in [5.41, 5.74) is 4.58. The van der Waals surface area contributed by atoms with Gasteiger partial charge in [-0.05, 0) is 54.8 Å². The first-order chi connectivity index (χ1) is 12.5. The fraction of sp³-hybridized carbons (Fsp3) is 0.158. The van der Waals surface area contributed by atoms with Gasteiger partial charge < -0.3 is 0 Å². The highest BCUT2D eigenvalue weighted by Crippen LogP contribution is 2.28. The molecule has 0 bridgehead atoms. The number of thioether (sulfide) groups is 1. The summed E-state index contributed by atoms with van der Waals surface area (Å²) in [6.45, 7) is 3.99. The zero-order chi connectivity index (χ0) is 18.5. The van der Waals surface area contributed by atoms with Gasteiger partial charge in [0.1, 0.15) is 0 Å². The number of benzene rings is 2. The van der Waals surface area contributed by atoms with Crippen LogP contribution in [0.4, 0.5) is 5.13 Å². The average Bonchev–Trinajstić information content (AvgIpc) is 3.10. The van der Waals surface area contributed by atoms with Gasteiger partial charge in [-0.25, -0.2) is 0 Å². The summed E-state index contributed by atoms with van der Waals surface area (Å²) in [5.74, 6) is 0.540. The van der Waals surface area contributed by atoms with E-state index >= 15 is 0 Å². The molecule has 1 aromatic heterocycles. The first-order valence-electron chi connectivity index (χ1n) is 7.89. The van der Waals surface area contributed by atoms with E-state index in [2.05, 4.69) is 21.6 Å². The third kappa shape index (κ3) is 4.48. The van der Waals surface area contributed by atoms with Crippen LogP contribution in [0.5, 0.6) is 0 Å². The summed E-state index contributed by atoms with van der Waals surface area (Å²) in [7, 11) is 0. The molecule has 1 amide bonds. The van der Waals surface area contributed by atoms with E-state index in [1.165, 1.54) is 11.3 Å². The number of aryl methyl sites for hydroxylation is 2. The molecule has 3 rings (SSSR count). The first-order valence-corrected chi connectivity index (χ1v) is 9.69. The number of hydrogen-bond acceptors (Lipinski definition) is 6. The Morgan fingerprint density at radius 2 is 1.92 bits per heavy atom. The van der Waals surface area contributed by atoms with Crippen molar-refractivity contribution >= 4 is 34.1 Å². The van der Waals surface area contributed by atoms with E-state index in [1.807, 2.05) is 38.1 Å². The van der Waals surface area contributed by atoms with Gasteiger partial charge in [0.05, 0.1) is 11.6 Å².